The molecule has 0 saturated heterocycles. The minimum absolute atomic E-state index is 0.0797. The van der Waals surface area contributed by atoms with Gasteiger partial charge >= 0.3 is 0 Å². The summed E-state index contributed by atoms with van der Waals surface area (Å²) in [6.07, 6.45) is 0.802. The Labute approximate surface area is 132 Å². The summed E-state index contributed by atoms with van der Waals surface area (Å²) >= 11 is 14.6. The van der Waals surface area contributed by atoms with Crippen molar-refractivity contribution in [1.29, 1.82) is 0 Å². The van der Waals surface area contributed by atoms with Crippen molar-refractivity contribution >= 4 is 54.8 Å². The fraction of sp³-hybridized carbons (Fsp3) is 0.167. The number of nitrogens with one attached hydrogen (secondary N) is 1. The second kappa shape index (κ2) is 6.50. The Hall–Kier alpha value is 0.0900. The standard InChI is InChI=1S/C12H11Br2ClN2S/c13-9-6-11(18-12(9)14)10(17-16)5-7-2-1-3-8(15)4-7/h1-4,6,10,17H,5,16H2. The predicted molar refractivity (Wildman–Crippen MR) is 84.9 cm³/mol. The van der Waals surface area contributed by atoms with E-state index in [0.29, 0.717) is 0 Å². The molecule has 1 heterocycles. The van der Waals surface area contributed by atoms with Crippen LogP contribution in [0.1, 0.15) is 16.5 Å². The molecule has 18 heavy (non-hydrogen) atoms. The van der Waals surface area contributed by atoms with E-state index in [4.69, 9.17) is 17.4 Å². The van der Waals surface area contributed by atoms with Gasteiger partial charge < -0.3 is 0 Å². The highest BCUT2D eigenvalue weighted by molar-refractivity contribution is 9.13. The van der Waals surface area contributed by atoms with Crippen molar-refractivity contribution in [2.75, 3.05) is 0 Å². The van der Waals surface area contributed by atoms with Gasteiger partial charge in [0.05, 0.1) is 9.83 Å². The normalized spacial score (nSPS) is 12.7. The molecule has 0 aliphatic rings. The maximum Gasteiger partial charge on any atom is 0.0843 e. The summed E-state index contributed by atoms with van der Waals surface area (Å²) < 4.78 is 2.12. The maximum atomic E-state index is 5.98. The molecule has 6 heteroatoms. The largest absolute Gasteiger partial charge is 0.271 e. The maximum absolute atomic E-state index is 5.98. The van der Waals surface area contributed by atoms with E-state index in [0.717, 1.165) is 25.3 Å². The molecule has 2 aromatic rings. The SMILES string of the molecule is NNC(Cc1cccc(Cl)c1)c1cc(Br)c(Br)s1. The van der Waals surface area contributed by atoms with Crippen LogP contribution in [0.15, 0.2) is 38.6 Å². The Morgan fingerprint density at radius 3 is 2.67 bits per heavy atom. The van der Waals surface area contributed by atoms with Gasteiger partial charge in [-0.15, -0.1) is 11.3 Å². The number of thiophene rings is 1. The topological polar surface area (TPSA) is 38.0 Å². The molecule has 0 fully saturated rings. The smallest absolute Gasteiger partial charge is 0.0843 e. The first-order valence-electron chi connectivity index (χ1n) is 5.25. The van der Waals surface area contributed by atoms with Crippen molar-refractivity contribution in [2.45, 2.75) is 12.5 Å². The van der Waals surface area contributed by atoms with Crippen LogP contribution in [-0.2, 0) is 6.42 Å². The first kappa shape index (κ1) is 14.5. The molecule has 1 aromatic carbocycles. The Bertz CT molecular complexity index is 525. The average Bonchev–Trinajstić information content (AvgIpc) is 2.66. The van der Waals surface area contributed by atoms with Crippen molar-refractivity contribution < 1.29 is 0 Å². The number of hydrogen-bond donors (Lipinski definition) is 2. The number of benzene rings is 1. The fourth-order valence-corrected chi connectivity index (χ4v) is 4.04. The van der Waals surface area contributed by atoms with Crippen LogP contribution < -0.4 is 11.3 Å². The van der Waals surface area contributed by atoms with Crippen LogP contribution in [0, 0.1) is 0 Å². The molecule has 2 nitrogen and oxygen atoms in total. The number of nitrogens with two attached hydrogens (primary N) is 1. The zero-order valence-corrected chi connectivity index (χ0v) is 14.0. The molecular formula is C12H11Br2ClN2S. The van der Waals surface area contributed by atoms with Crippen molar-refractivity contribution in [1.82, 2.24) is 5.43 Å². The lowest BCUT2D eigenvalue weighted by molar-refractivity contribution is 0.560. The second-order valence-corrected chi connectivity index (χ2v) is 7.52. The molecule has 0 aliphatic heterocycles. The zero-order valence-electron chi connectivity index (χ0n) is 9.29. The van der Waals surface area contributed by atoms with E-state index >= 15 is 0 Å². The van der Waals surface area contributed by atoms with Gasteiger partial charge in [0, 0.05) is 14.4 Å². The lowest BCUT2D eigenvalue weighted by Gasteiger charge is -2.14. The molecule has 1 aromatic heterocycles. The summed E-state index contributed by atoms with van der Waals surface area (Å²) in [6.45, 7) is 0. The third kappa shape index (κ3) is 3.56. The lowest BCUT2D eigenvalue weighted by atomic mass is 10.1. The van der Waals surface area contributed by atoms with Crippen LogP contribution in [0.25, 0.3) is 0 Å². The summed E-state index contributed by atoms with van der Waals surface area (Å²) in [4.78, 5) is 1.18. The summed E-state index contributed by atoms with van der Waals surface area (Å²) in [5, 5.41) is 0.747. The molecule has 1 unspecified atom stereocenters. The molecule has 0 aliphatic carbocycles. The van der Waals surface area contributed by atoms with E-state index in [1.807, 2.05) is 24.3 Å². The second-order valence-electron chi connectivity index (χ2n) is 3.82. The summed E-state index contributed by atoms with van der Waals surface area (Å²) in [5.41, 5.74) is 4.01. The van der Waals surface area contributed by atoms with Gasteiger partial charge in [-0.25, -0.2) is 0 Å². The van der Waals surface area contributed by atoms with Crippen LogP contribution in [0.5, 0.6) is 0 Å². The summed E-state index contributed by atoms with van der Waals surface area (Å²) in [5.74, 6) is 5.64. The quantitative estimate of drug-likeness (QED) is 0.568. The van der Waals surface area contributed by atoms with E-state index in [9.17, 15) is 0 Å². The van der Waals surface area contributed by atoms with Crippen LogP contribution in [0.3, 0.4) is 0 Å². The first-order chi connectivity index (χ1) is 8.60. The van der Waals surface area contributed by atoms with E-state index < -0.39 is 0 Å². The number of hydrogen-bond acceptors (Lipinski definition) is 3. The molecule has 0 spiro atoms. The van der Waals surface area contributed by atoms with Crippen molar-refractivity contribution in [3.05, 3.63) is 54.1 Å². The molecule has 2 rings (SSSR count). The summed E-state index contributed by atoms with van der Waals surface area (Å²) in [6, 6.07) is 9.98. The Morgan fingerprint density at radius 2 is 2.11 bits per heavy atom. The molecular weight excluding hydrogens is 399 g/mol. The van der Waals surface area contributed by atoms with Crippen molar-refractivity contribution in [2.24, 2.45) is 5.84 Å². The average molecular weight is 411 g/mol. The number of rotatable bonds is 4. The molecule has 0 radical (unpaired) electrons. The van der Waals surface area contributed by atoms with E-state index in [1.54, 1.807) is 11.3 Å². The number of halogens is 3. The third-order valence-electron chi connectivity index (χ3n) is 2.54. The zero-order chi connectivity index (χ0) is 13.1. The van der Waals surface area contributed by atoms with Gasteiger partial charge in [0.25, 0.3) is 0 Å². The monoisotopic (exact) mass is 408 g/mol. The van der Waals surface area contributed by atoms with Gasteiger partial charge in [-0.05, 0) is 62.0 Å². The van der Waals surface area contributed by atoms with Crippen molar-refractivity contribution in [3.63, 3.8) is 0 Å². The van der Waals surface area contributed by atoms with Crippen LogP contribution in [0.4, 0.5) is 0 Å². The molecule has 0 bridgehead atoms. The highest BCUT2D eigenvalue weighted by Crippen LogP contribution is 2.36. The first-order valence-corrected chi connectivity index (χ1v) is 8.03. The Morgan fingerprint density at radius 1 is 1.33 bits per heavy atom. The molecule has 0 saturated carbocycles. The number of hydrazine groups is 1. The minimum Gasteiger partial charge on any atom is -0.271 e. The van der Waals surface area contributed by atoms with E-state index in [1.165, 1.54) is 4.88 Å². The molecule has 1 atom stereocenters. The van der Waals surface area contributed by atoms with Gasteiger partial charge in [0.2, 0.25) is 0 Å². The van der Waals surface area contributed by atoms with E-state index in [2.05, 4.69) is 43.4 Å². The van der Waals surface area contributed by atoms with Crippen LogP contribution in [0.2, 0.25) is 5.02 Å². The van der Waals surface area contributed by atoms with Crippen LogP contribution in [-0.4, -0.2) is 0 Å². The molecule has 0 amide bonds. The Kier molecular flexibility index (Phi) is 5.24. The Balaban J connectivity index is 2.19. The van der Waals surface area contributed by atoms with E-state index in [-0.39, 0.29) is 6.04 Å². The third-order valence-corrected chi connectivity index (χ3v) is 6.14. The molecule has 96 valence electrons. The minimum atomic E-state index is 0.0797. The predicted octanol–water partition coefficient (Wildman–Crippen LogP) is 4.67. The summed E-state index contributed by atoms with van der Waals surface area (Å²) in [7, 11) is 0. The van der Waals surface area contributed by atoms with Gasteiger partial charge in [0.1, 0.15) is 0 Å². The van der Waals surface area contributed by atoms with Gasteiger partial charge in [-0.3, -0.25) is 11.3 Å². The van der Waals surface area contributed by atoms with Gasteiger partial charge in [-0.2, -0.15) is 0 Å². The highest BCUT2D eigenvalue weighted by atomic mass is 79.9. The highest BCUT2D eigenvalue weighted by Gasteiger charge is 2.15. The van der Waals surface area contributed by atoms with Crippen molar-refractivity contribution in [3.8, 4) is 0 Å². The fourth-order valence-electron chi connectivity index (χ4n) is 1.68. The lowest BCUT2D eigenvalue weighted by Crippen LogP contribution is -2.28. The van der Waals surface area contributed by atoms with Gasteiger partial charge in [-0.1, -0.05) is 23.7 Å². The van der Waals surface area contributed by atoms with Gasteiger partial charge in [0.15, 0.2) is 0 Å². The van der Waals surface area contributed by atoms with Crippen LogP contribution >= 0.6 is 54.8 Å². The molecule has 3 N–H and O–H groups in total.